The second-order valence-electron chi connectivity index (χ2n) is 4.07. The van der Waals surface area contributed by atoms with Gasteiger partial charge in [-0.2, -0.15) is 5.10 Å². The van der Waals surface area contributed by atoms with Gasteiger partial charge in [0.05, 0.1) is 10.7 Å². The Balaban J connectivity index is 2.01. The van der Waals surface area contributed by atoms with Crippen LogP contribution in [0.1, 0.15) is 22.3 Å². The molecule has 0 aliphatic rings. The lowest BCUT2D eigenvalue weighted by molar-refractivity contribution is 0.0982. The van der Waals surface area contributed by atoms with Crippen LogP contribution in [0.15, 0.2) is 35.1 Å². The van der Waals surface area contributed by atoms with Crippen molar-refractivity contribution in [3.63, 3.8) is 0 Å². The van der Waals surface area contributed by atoms with Gasteiger partial charge in [0.1, 0.15) is 5.82 Å². The summed E-state index contributed by atoms with van der Waals surface area (Å²) < 4.78 is 15.1. The molecule has 1 aromatic carbocycles. The number of hydrogen-bond donors (Lipinski definition) is 0. The highest BCUT2D eigenvalue weighted by Crippen LogP contribution is 2.18. The number of halogens is 2. The molecule has 0 radical (unpaired) electrons. The Kier molecular flexibility index (Phi) is 3.91. The van der Waals surface area contributed by atoms with E-state index in [1.165, 1.54) is 18.2 Å². The number of rotatable bonds is 4. The van der Waals surface area contributed by atoms with Crippen LogP contribution in [0.25, 0.3) is 0 Å². The van der Waals surface area contributed by atoms with Crippen LogP contribution in [0.3, 0.4) is 0 Å². The third kappa shape index (κ3) is 3.04. The van der Waals surface area contributed by atoms with Crippen LogP contribution in [-0.4, -0.2) is 15.6 Å². The third-order valence-corrected chi connectivity index (χ3v) is 3.25. The van der Waals surface area contributed by atoms with Crippen LogP contribution < -0.4 is 0 Å². The Morgan fingerprint density at radius 1 is 1.50 bits per heavy atom. The summed E-state index contributed by atoms with van der Waals surface area (Å²) in [4.78, 5) is 11.9. The predicted molar refractivity (Wildman–Crippen MR) is 70.0 cm³/mol. The average Bonchev–Trinajstić information content (AvgIpc) is 2.75. The summed E-state index contributed by atoms with van der Waals surface area (Å²) in [6.45, 7) is 0. The first kappa shape index (κ1) is 13.0. The molecule has 0 fully saturated rings. The van der Waals surface area contributed by atoms with Gasteiger partial charge in [0.15, 0.2) is 5.78 Å². The molecule has 0 amide bonds. The minimum absolute atomic E-state index is 0.000414. The zero-order valence-electron chi connectivity index (χ0n) is 9.86. The van der Waals surface area contributed by atoms with E-state index in [9.17, 15) is 9.18 Å². The van der Waals surface area contributed by atoms with Crippen molar-refractivity contribution < 1.29 is 9.18 Å². The summed E-state index contributed by atoms with van der Waals surface area (Å²) in [5.41, 5.74) is 1.54. The fourth-order valence-electron chi connectivity index (χ4n) is 1.67. The number of Topliss-reactive ketones (excluding diaryl/α,β-unsaturated/α-hetero) is 1. The van der Waals surface area contributed by atoms with Crippen molar-refractivity contribution in [2.24, 2.45) is 7.05 Å². The molecular formula is C13H12BrFN2O. The van der Waals surface area contributed by atoms with Crippen LogP contribution >= 0.6 is 15.9 Å². The summed E-state index contributed by atoms with van der Waals surface area (Å²) in [6, 6.07) is 4.31. The van der Waals surface area contributed by atoms with Gasteiger partial charge >= 0.3 is 0 Å². The van der Waals surface area contributed by atoms with Gasteiger partial charge in [0.2, 0.25) is 0 Å². The smallest absolute Gasteiger partial charge is 0.163 e. The van der Waals surface area contributed by atoms with Gasteiger partial charge in [-0.1, -0.05) is 0 Å². The molecule has 3 nitrogen and oxygen atoms in total. The summed E-state index contributed by atoms with van der Waals surface area (Å²) in [5, 5.41) is 4.04. The number of ketones is 1. The maximum Gasteiger partial charge on any atom is 0.163 e. The SMILES string of the molecule is Cn1cc(CCC(=O)c2ccc(F)c(Br)c2)cn1. The highest BCUT2D eigenvalue weighted by Gasteiger charge is 2.09. The molecule has 0 aliphatic carbocycles. The topological polar surface area (TPSA) is 34.9 Å². The van der Waals surface area contributed by atoms with E-state index >= 15 is 0 Å². The maximum atomic E-state index is 13.0. The first-order chi connectivity index (χ1) is 8.56. The van der Waals surface area contributed by atoms with Crippen molar-refractivity contribution >= 4 is 21.7 Å². The highest BCUT2D eigenvalue weighted by atomic mass is 79.9. The molecule has 0 spiro atoms. The van der Waals surface area contributed by atoms with E-state index in [-0.39, 0.29) is 11.6 Å². The van der Waals surface area contributed by atoms with Crippen LogP contribution in [0.4, 0.5) is 4.39 Å². The van der Waals surface area contributed by atoms with Gasteiger partial charge in [0, 0.05) is 25.2 Å². The minimum Gasteiger partial charge on any atom is -0.294 e. The predicted octanol–water partition coefficient (Wildman–Crippen LogP) is 3.14. The van der Waals surface area contributed by atoms with E-state index < -0.39 is 0 Å². The van der Waals surface area contributed by atoms with Crippen molar-refractivity contribution in [1.29, 1.82) is 0 Å². The maximum absolute atomic E-state index is 13.0. The largest absolute Gasteiger partial charge is 0.294 e. The van der Waals surface area contributed by atoms with Crippen molar-refractivity contribution in [3.8, 4) is 0 Å². The first-order valence-corrected chi connectivity index (χ1v) is 6.31. The second-order valence-corrected chi connectivity index (χ2v) is 4.93. The molecule has 0 aliphatic heterocycles. The Morgan fingerprint density at radius 3 is 2.89 bits per heavy atom. The number of hydrogen-bond acceptors (Lipinski definition) is 2. The van der Waals surface area contributed by atoms with Crippen LogP contribution in [0, 0.1) is 5.82 Å². The molecule has 0 atom stereocenters. The number of carbonyl (C=O) groups is 1. The van der Waals surface area contributed by atoms with Gasteiger partial charge in [-0.3, -0.25) is 9.48 Å². The van der Waals surface area contributed by atoms with Crippen LogP contribution in [0.2, 0.25) is 0 Å². The van der Waals surface area contributed by atoms with E-state index in [1.807, 2.05) is 13.2 Å². The molecule has 18 heavy (non-hydrogen) atoms. The molecule has 0 unspecified atom stereocenters. The molecule has 0 bridgehead atoms. The third-order valence-electron chi connectivity index (χ3n) is 2.64. The van der Waals surface area contributed by atoms with Gasteiger partial charge in [-0.25, -0.2) is 4.39 Å². The zero-order valence-corrected chi connectivity index (χ0v) is 11.4. The molecule has 2 rings (SSSR count). The molecular weight excluding hydrogens is 299 g/mol. The molecule has 5 heteroatoms. The molecule has 0 N–H and O–H groups in total. The van der Waals surface area contributed by atoms with E-state index in [2.05, 4.69) is 21.0 Å². The Morgan fingerprint density at radius 2 is 2.28 bits per heavy atom. The normalized spacial score (nSPS) is 10.6. The van der Waals surface area contributed by atoms with Crippen molar-refractivity contribution in [2.75, 3.05) is 0 Å². The average molecular weight is 311 g/mol. The summed E-state index contributed by atoms with van der Waals surface area (Å²) in [5.74, 6) is -0.363. The zero-order chi connectivity index (χ0) is 13.1. The number of benzene rings is 1. The molecule has 1 heterocycles. The first-order valence-electron chi connectivity index (χ1n) is 5.52. The number of aromatic nitrogens is 2. The summed E-state index contributed by atoms with van der Waals surface area (Å²) in [7, 11) is 1.84. The van der Waals surface area contributed by atoms with Crippen molar-refractivity contribution in [3.05, 3.63) is 52.0 Å². The van der Waals surface area contributed by atoms with E-state index in [4.69, 9.17) is 0 Å². The van der Waals surface area contributed by atoms with Crippen LogP contribution in [0.5, 0.6) is 0 Å². The fraction of sp³-hybridized carbons (Fsp3) is 0.231. The molecule has 0 saturated heterocycles. The second kappa shape index (κ2) is 5.44. The van der Waals surface area contributed by atoms with Crippen molar-refractivity contribution in [1.82, 2.24) is 9.78 Å². The number of nitrogens with zero attached hydrogens (tertiary/aromatic N) is 2. The van der Waals surface area contributed by atoms with E-state index in [1.54, 1.807) is 10.9 Å². The number of carbonyl (C=O) groups excluding carboxylic acids is 1. The highest BCUT2D eigenvalue weighted by molar-refractivity contribution is 9.10. The standard InChI is InChI=1S/C13H12BrFN2O/c1-17-8-9(7-16-17)2-5-13(18)10-3-4-12(15)11(14)6-10/h3-4,6-8H,2,5H2,1H3. The van der Waals surface area contributed by atoms with Crippen LogP contribution in [-0.2, 0) is 13.5 Å². The molecule has 0 saturated carbocycles. The van der Waals surface area contributed by atoms with Gasteiger partial charge < -0.3 is 0 Å². The summed E-state index contributed by atoms with van der Waals surface area (Å²) >= 11 is 3.07. The van der Waals surface area contributed by atoms with Gasteiger partial charge in [0.25, 0.3) is 0 Å². The minimum atomic E-state index is -0.362. The van der Waals surface area contributed by atoms with E-state index in [0.717, 1.165) is 5.56 Å². The number of aryl methyl sites for hydroxylation is 2. The molecule has 2 aromatic rings. The lowest BCUT2D eigenvalue weighted by Gasteiger charge is -2.01. The molecule has 1 aromatic heterocycles. The Labute approximate surface area is 113 Å². The lowest BCUT2D eigenvalue weighted by Crippen LogP contribution is -2.01. The Bertz CT molecular complexity index is 580. The van der Waals surface area contributed by atoms with E-state index in [0.29, 0.717) is 22.9 Å². The van der Waals surface area contributed by atoms with Gasteiger partial charge in [-0.05, 0) is 46.1 Å². The lowest BCUT2D eigenvalue weighted by atomic mass is 10.0. The van der Waals surface area contributed by atoms with Gasteiger partial charge in [-0.15, -0.1) is 0 Å². The summed E-state index contributed by atoms with van der Waals surface area (Å²) in [6.07, 6.45) is 4.66. The monoisotopic (exact) mass is 310 g/mol. The quantitative estimate of drug-likeness (QED) is 0.813. The molecule has 94 valence electrons. The fourth-order valence-corrected chi connectivity index (χ4v) is 2.05. The Hall–Kier alpha value is -1.49. The van der Waals surface area contributed by atoms with Crippen molar-refractivity contribution in [2.45, 2.75) is 12.8 Å².